The summed E-state index contributed by atoms with van der Waals surface area (Å²) in [5.74, 6) is -0.509. The molecule has 1 aromatic carbocycles. The maximum atomic E-state index is 11.5. The van der Waals surface area contributed by atoms with Crippen LogP contribution < -0.4 is 5.73 Å². The van der Waals surface area contributed by atoms with Crippen molar-refractivity contribution in [1.29, 1.82) is 0 Å². The molecular weight excluding hydrogens is 316 g/mol. The van der Waals surface area contributed by atoms with E-state index in [2.05, 4.69) is 25.7 Å². The predicted molar refractivity (Wildman–Crippen MR) is 75.7 cm³/mol. The lowest BCUT2D eigenvalue weighted by Gasteiger charge is -2.02. The maximum absolute atomic E-state index is 11.5. The predicted octanol–water partition coefficient (Wildman–Crippen LogP) is 3.25. The molecular formula is C12H11BrN2O2S. The highest BCUT2D eigenvalue weighted by Crippen LogP contribution is 2.33. The minimum Gasteiger partial charge on any atom is -0.464 e. The van der Waals surface area contributed by atoms with Crippen molar-refractivity contribution in [3.63, 3.8) is 0 Å². The number of benzene rings is 1. The molecule has 2 rings (SSSR count). The SMILES string of the molecule is COC(=O)c1nc(-c2ccc(Br)cc2C)sc1N. The number of hydrogen-bond acceptors (Lipinski definition) is 5. The molecule has 0 aliphatic heterocycles. The van der Waals surface area contributed by atoms with E-state index in [-0.39, 0.29) is 5.69 Å². The van der Waals surface area contributed by atoms with Gasteiger partial charge in [-0.2, -0.15) is 0 Å². The van der Waals surface area contributed by atoms with Crippen molar-refractivity contribution in [3.8, 4) is 10.6 Å². The quantitative estimate of drug-likeness (QED) is 0.860. The molecule has 4 nitrogen and oxygen atoms in total. The number of nitrogen functional groups attached to an aromatic ring is 1. The number of thiazole rings is 1. The second-order valence-corrected chi connectivity index (χ2v) is 5.63. The Morgan fingerprint density at radius 2 is 2.22 bits per heavy atom. The van der Waals surface area contributed by atoms with E-state index in [9.17, 15) is 4.79 Å². The van der Waals surface area contributed by atoms with Crippen LogP contribution in [-0.2, 0) is 4.74 Å². The molecule has 0 aliphatic carbocycles. The summed E-state index contributed by atoms with van der Waals surface area (Å²) in [5.41, 5.74) is 7.99. The summed E-state index contributed by atoms with van der Waals surface area (Å²) in [5, 5.41) is 1.09. The number of rotatable bonds is 2. The highest BCUT2D eigenvalue weighted by Gasteiger charge is 2.18. The first-order valence-corrected chi connectivity index (χ1v) is 6.75. The van der Waals surface area contributed by atoms with Crippen molar-refractivity contribution in [2.45, 2.75) is 6.92 Å². The van der Waals surface area contributed by atoms with Gasteiger partial charge in [0.2, 0.25) is 0 Å². The summed E-state index contributed by atoms with van der Waals surface area (Å²) in [6, 6.07) is 5.86. The zero-order valence-electron chi connectivity index (χ0n) is 9.86. The molecule has 1 heterocycles. The van der Waals surface area contributed by atoms with Crippen LogP contribution in [0.15, 0.2) is 22.7 Å². The Kier molecular flexibility index (Phi) is 3.68. The third-order valence-electron chi connectivity index (χ3n) is 2.45. The number of nitrogens with zero attached hydrogens (tertiary/aromatic N) is 1. The number of hydrogen-bond donors (Lipinski definition) is 1. The van der Waals surface area contributed by atoms with Gasteiger partial charge in [-0.1, -0.05) is 33.3 Å². The molecule has 0 saturated carbocycles. The van der Waals surface area contributed by atoms with E-state index in [1.54, 1.807) is 0 Å². The first-order chi connectivity index (χ1) is 8.52. The van der Waals surface area contributed by atoms with Gasteiger partial charge in [0.25, 0.3) is 0 Å². The molecule has 0 radical (unpaired) electrons. The van der Waals surface area contributed by atoms with Crippen LogP contribution >= 0.6 is 27.3 Å². The van der Waals surface area contributed by atoms with E-state index in [4.69, 9.17) is 5.73 Å². The Morgan fingerprint density at radius 3 is 2.83 bits per heavy atom. The van der Waals surface area contributed by atoms with Crippen LogP contribution in [0.3, 0.4) is 0 Å². The summed E-state index contributed by atoms with van der Waals surface area (Å²) in [6.45, 7) is 1.98. The number of esters is 1. The minimum absolute atomic E-state index is 0.180. The maximum Gasteiger partial charge on any atom is 0.359 e. The standard InChI is InChI=1S/C12H11BrN2O2S/c1-6-5-7(13)3-4-8(6)11-15-9(10(14)18-11)12(16)17-2/h3-5H,14H2,1-2H3. The number of halogens is 1. The van der Waals surface area contributed by atoms with Gasteiger partial charge in [0.15, 0.2) is 5.69 Å². The monoisotopic (exact) mass is 326 g/mol. The van der Waals surface area contributed by atoms with E-state index in [1.165, 1.54) is 18.4 Å². The number of carbonyl (C=O) groups is 1. The molecule has 18 heavy (non-hydrogen) atoms. The number of aryl methyl sites for hydroxylation is 1. The van der Waals surface area contributed by atoms with Crippen molar-refractivity contribution >= 4 is 38.2 Å². The van der Waals surface area contributed by atoms with Crippen molar-refractivity contribution in [3.05, 3.63) is 33.9 Å². The Hall–Kier alpha value is -1.40. The zero-order chi connectivity index (χ0) is 13.3. The van der Waals surface area contributed by atoms with Gasteiger partial charge >= 0.3 is 5.97 Å². The van der Waals surface area contributed by atoms with Gasteiger partial charge < -0.3 is 10.5 Å². The summed E-state index contributed by atoms with van der Waals surface area (Å²) in [4.78, 5) is 15.7. The van der Waals surface area contributed by atoms with Gasteiger partial charge in [0.1, 0.15) is 10.0 Å². The van der Waals surface area contributed by atoms with Crippen LogP contribution in [0.2, 0.25) is 0 Å². The Labute approximate surface area is 117 Å². The van der Waals surface area contributed by atoms with Gasteiger partial charge in [0.05, 0.1) is 7.11 Å². The Morgan fingerprint density at radius 1 is 1.50 bits per heavy atom. The molecule has 0 unspecified atom stereocenters. The number of nitrogens with two attached hydrogens (primary N) is 1. The molecule has 1 aromatic heterocycles. The average Bonchev–Trinajstić information content (AvgIpc) is 2.70. The molecule has 0 aliphatic rings. The largest absolute Gasteiger partial charge is 0.464 e. The Balaban J connectivity index is 2.49. The number of anilines is 1. The summed E-state index contributed by atoms with van der Waals surface area (Å²) >= 11 is 4.69. The molecule has 0 spiro atoms. The van der Waals surface area contributed by atoms with Gasteiger partial charge in [-0.25, -0.2) is 9.78 Å². The smallest absolute Gasteiger partial charge is 0.359 e. The summed E-state index contributed by atoms with van der Waals surface area (Å²) < 4.78 is 5.63. The number of methoxy groups -OCH3 is 1. The van der Waals surface area contributed by atoms with Gasteiger partial charge in [-0.15, -0.1) is 0 Å². The fraction of sp³-hybridized carbons (Fsp3) is 0.167. The third-order valence-corrected chi connectivity index (χ3v) is 3.86. The van der Waals surface area contributed by atoms with E-state index in [1.807, 2.05) is 25.1 Å². The third kappa shape index (κ3) is 2.39. The summed E-state index contributed by atoms with van der Waals surface area (Å²) in [6.07, 6.45) is 0. The molecule has 94 valence electrons. The van der Waals surface area contributed by atoms with Crippen LogP contribution in [-0.4, -0.2) is 18.1 Å². The molecule has 0 atom stereocenters. The highest BCUT2D eigenvalue weighted by atomic mass is 79.9. The lowest BCUT2D eigenvalue weighted by molar-refractivity contribution is 0.0596. The van der Waals surface area contributed by atoms with Gasteiger partial charge in [-0.05, 0) is 24.6 Å². The normalized spacial score (nSPS) is 10.4. The van der Waals surface area contributed by atoms with Crippen LogP contribution in [0.1, 0.15) is 16.1 Å². The lowest BCUT2D eigenvalue weighted by atomic mass is 10.1. The topological polar surface area (TPSA) is 65.2 Å². The fourth-order valence-corrected chi connectivity index (χ4v) is 2.94. The number of aromatic nitrogens is 1. The fourth-order valence-electron chi connectivity index (χ4n) is 1.56. The number of carbonyl (C=O) groups excluding carboxylic acids is 1. The van der Waals surface area contributed by atoms with Crippen molar-refractivity contribution < 1.29 is 9.53 Å². The summed E-state index contributed by atoms with van der Waals surface area (Å²) in [7, 11) is 1.31. The van der Waals surface area contributed by atoms with Gasteiger partial charge in [-0.3, -0.25) is 0 Å². The first-order valence-electron chi connectivity index (χ1n) is 5.14. The first kappa shape index (κ1) is 13.0. The van der Waals surface area contributed by atoms with Crippen LogP contribution in [0, 0.1) is 6.92 Å². The Bertz CT molecular complexity index is 610. The second kappa shape index (κ2) is 5.07. The van der Waals surface area contributed by atoms with Crippen molar-refractivity contribution in [1.82, 2.24) is 4.98 Å². The number of ether oxygens (including phenoxy) is 1. The molecule has 0 bridgehead atoms. The molecule has 2 N–H and O–H groups in total. The van der Waals surface area contributed by atoms with E-state index >= 15 is 0 Å². The lowest BCUT2D eigenvalue weighted by Crippen LogP contribution is -2.04. The minimum atomic E-state index is -0.509. The molecule has 0 saturated heterocycles. The van der Waals surface area contributed by atoms with Crippen molar-refractivity contribution in [2.75, 3.05) is 12.8 Å². The van der Waals surface area contributed by atoms with Gasteiger partial charge in [0, 0.05) is 10.0 Å². The van der Waals surface area contributed by atoms with E-state index < -0.39 is 5.97 Å². The highest BCUT2D eigenvalue weighted by molar-refractivity contribution is 9.10. The van der Waals surface area contributed by atoms with Crippen molar-refractivity contribution in [2.24, 2.45) is 0 Å². The molecule has 6 heteroatoms. The van der Waals surface area contributed by atoms with Crippen LogP contribution in [0.4, 0.5) is 5.00 Å². The second-order valence-electron chi connectivity index (χ2n) is 3.68. The molecule has 2 aromatic rings. The average molecular weight is 327 g/mol. The van der Waals surface area contributed by atoms with E-state index in [0.29, 0.717) is 5.00 Å². The zero-order valence-corrected chi connectivity index (χ0v) is 12.3. The van der Waals surface area contributed by atoms with Crippen LogP contribution in [0.25, 0.3) is 10.6 Å². The van der Waals surface area contributed by atoms with Crippen LogP contribution in [0.5, 0.6) is 0 Å². The molecule has 0 amide bonds. The molecule has 0 fully saturated rings. The van der Waals surface area contributed by atoms with E-state index in [0.717, 1.165) is 20.6 Å².